The van der Waals surface area contributed by atoms with Gasteiger partial charge in [-0.1, -0.05) is 56.3 Å². The molecular formula is C26H38N2O3. The molecule has 0 aliphatic rings. The number of hydrogen-bond donors (Lipinski definition) is 2. The molecule has 5 nitrogen and oxygen atoms in total. The fourth-order valence-electron chi connectivity index (χ4n) is 3.17. The van der Waals surface area contributed by atoms with Crippen LogP contribution in [0, 0.1) is 5.92 Å². The van der Waals surface area contributed by atoms with E-state index >= 15 is 0 Å². The molecule has 0 saturated heterocycles. The van der Waals surface area contributed by atoms with E-state index in [-0.39, 0.29) is 17.6 Å². The second-order valence-corrected chi connectivity index (χ2v) is 9.49. The predicted molar refractivity (Wildman–Crippen MR) is 126 cm³/mol. The molecule has 0 aliphatic carbocycles. The summed E-state index contributed by atoms with van der Waals surface area (Å²) < 4.78 is 11.8. The van der Waals surface area contributed by atoms with E-state index in [0.29, 0.717) is 32.0 Å². The van der Waals surface area contributed by atoms with Gasteiger partial charge >= 0.3 is 0 Å². The summed E-state index contributed by atoms with van der Waals surface area (Å²) in [4.78, 5) is 12.6. The summed E-state index contributed by atoms with van der Waals surface area (Å²) in [6, 6.07) is 17.4. The molecule has 0 radical (unpaired) electrons. The largest absolute Gasteiger partial charge is 0.489 e. The van der Waals surface area contributed by atoms with E-state index in [1.165, 1.54) is 0 Å². The lowest BCUT2D eigenvalue weighted by Gasteiger charge is -2.26. The predicted octanol–water partition coefficient (Wildman–Crippen LogP) is 4.48. The molecule has 2 aromatic carbocycles. The summed E-state index contributed by atoms with van der Waals surface area (Å²) in [5.74, 6) is 1.06. The van der Waals surface area contributed by atoms with Crippen molar-refractivity contribution in [2.75, 3.05) is 6.61 Å². The van der Waals surface area contributed by atoms with E-state index in [2.05, 4.69) is 19.2 Å². The number of amides is 1. The second kappa shape index (κ2) is 11.9. The van der Waals surface area contributed by atoms with E-state index in [1.54, 1.807) is 0 Å². The topological polar surface area (TPSA) is 73.6 Å². The van der Waals surface area contributed by atoms with Gasteiger partial charge in [0.2, 0.25) is 5.91 Å². The molecule has 170 valence electrons. The Morgan fingerprint density at radius 1 is 1.00 bits per heavy atom. The summed E-state index contributed by atoms with van der Waals surface area (Å²) in [7, 11) is 0. The van der Waals surface area contributed by atoms with Crippen molar-refractivity contribution in [1.29, 1.82) is 0 Å². The van der Waals surface area contributed by atoms with Gasteiger partial charge in [-0.05, 0) is 62.8 Å². The zero-order chi connectivity index (χ0) is 22.9. The lowest BCUT2D eigenvalue weighted by molar-refractivity contribution is -0.124. The minimum atomic E-state index is -0.508. The van der Waals surface area contributed by atoms with Crippen molar-refractivity contribution >= 4 is 5.91 Å². The number of nitrogens with two attached hydrogens (primary N) is 1. The van der Waals surface area contributed by atoms with Gasteiger partial charge in [0.1, 0.15) is 12.4 Å². The Morgan fingerprint density at radius 2 is 1.65 bits per heavy atom. The monoisotopic (exact) mass is 426 g/mol. The standard InChI is InChI=1S/C26H38N2O3/c1-19(2)15-24(27)25(29)28-22(18-31-26(3,4)5)16-20-11-13-23(14-12-20)30-17-21-9-7-6-8-10-21/h6-14,19,22,24H,15-18,27H2,1-5H3,(H,28,29). The molecule has 0 fully saturated rings. The highest BCUT2D eigenvalue weighted by molar-refractivity contribution is 5.81. The van der Waals surface area contributed by atoms with E-state index < -0.39 is 6.04 Å². The SMILES string of the molecule is CC(C)CC(N)C(=O)NC(COC(C)(C)C)Cc1ccc(OCc2ccccc2)cc1. The molecule has 0 bridgehead atoms. The van der Waals surface area contributed by atoms with Crippen molar-refractivity contribution in [2.45, 2.75) is 71.8 Å². The fraction of sp³-hybridized carbons (Fsp3) is 0.500. The Hall–Kier alpha value is -2.37. The number of rotatable bonds is 11. The summed E-state index contributed by atoms with van der Waals surface area (Å²) in [6.45, 7) is 11.1. The average molecular weight is 427 g/mol. The maximum atomic E-state index is 12.6. The van der Waals surface area contributed by atoms with E-state index in [9.17, 15) is 4.79 Å². The van der Waals surface area contributed by atoms with Gasteiger partial charge in [0.25, 0.3) is 0 Å². The highest BCUT2D eigenvalue weighted by Crippen LogP contribution is 2.16. The van der Waals surface area contributed by atoms with E-state index in [0.717, 1.165) is 16.9 Å². The molecule has 1 amide bonds. The van der Waals surface area contributed by atoms with Crippen LogP contribution in [-0.2, 0) is 22.6 Å². The molecule has 0 saturated carbocycles. The van der Waals surface area contributed by atoms with Crippen LogP contribution < -0.4 is 15.8 Å². The normalized spacial score (nSPS) is 13.6. The minimum Gasteiger partial charge on any atom is -0.489 e. The first kappa shape index (κ1) is 24.9. The maximum Gasteiger partial charge on any atom is 0.237 e. The Balaban J connectivity index is 1.97. The third kappa shape index (κ3) is 9.99. The zero-order valence-corrected chi connectivity index (χ0v) is 19.6. The van der Waals surface area contributed by atoms with Gasteiger partial charge in [0, 0.05) is 0 Å². The van der Waals surface area contributed by atoms with Crippen molar-refractivity contribution in [3.63, 3.8) is 0 Å². The van der Waals surface area contributed by atoms with E-state index in [1.807, 2.05) is 75.4 Å². The summed E-state index contributed by atoms with van der Waals surface area (Å²) in [5, 5.41) is 3.08. The van der Waals surface area contributed by atoms with Crippen molar-refractivity contribution in [3.8, 4) is 5.75 Å². The quantitative estimate of drug-likeness (QED) is 0.556. The number of ether oxygens (including phenoxy) is 2. The van der Waals surface area contributed by atoms with Gasteiger partial charge < -0.3 is 20.5 Å². The molecule has 2 rings (SSSR count). The van der Waals surface area contributed by atoms with Crippen LogP contribution in [0.25, 0.3) is 0 Å². The molecule has 2 atom stereocenters. The third-order valence-electron chi connectivity index (χ3n) is 4.78. The van der Waals surface area contributed by atoms with Crippen LogP contribution in [0.15, 0.2) is 54.6 Å². The highest BCUT2D eigenvalue weighted by Gasteiger charge is 2.21. The molecular weight excluding hydrogens is 388 g/mol. The Kier molecular flexibility index (Phi) is 9.53. The van der Waals surface area contributed by atoms with Crippen LogP contribution in [-0.4, -0.2) is 30.2 Å². The van der Waals surface area contributed by atoms with Gasteiger partial charge in [-0.25, -0.2) is 0 Å². The first-order valence-corrected chi connectivity index (χ1v) is 11.1. The van der Waals surface area contributed by atoms with Gasteiger partial charge in [-0.2, -0.15) is 0 Å². The summed E-state index contributed by atoms with van der Waals surface area (Å²) in [5.41, 5.74) is 8.03. The number of carbonyl (C=O) groups excluding carboxylic acids is 1. The number of carbonyl (C=O) groups is 1. The van der Waals surface area contributed by atoms with Crippen molar-refractivity contribution in [2.24, 2.45) is 11.7 Å². The Labute approximate surface area is 187 Å². The first-order valence-electron chi connectivity index (χ1n) is 11.1. The van der Waals surface area contributed by atoms with Gasteiger partial charge in [-0.15, -0.1) is 0 Å². The summed E-state index contributed by atoms with van der Waals surface area (Å²) >= 11 is 0. The molecule has 31 heavy (non-hydrogen) atoms. The van der Waals surface area contributed by atoms with Gasteiger partial charge in [0.05, 0.1) is 24.3 Å². The van der Waals surface area contributed by atoms with Gasteiger partial charge in [0.15, 0.2) is 0 Å². The number of nitrogens with one attached hydrogen (secondary N) is 1. The Bertz CT molecular complexity index is 783. The zero-order valence-electron chi connectivity index (χ0n) is 19.6. The van der Waals surface area contributed by atoms with Crippen LogP contribution in [0.3, 0.4) is 0 Å². The summed E-state index contributed by atoms with van der Waals surface area (Å²) in [6.07, 6.45) is 1.32. The maximum absolute atomic E-state index is 12.6. The smallest absolute Gasteiger partial charge is 0.237 e. The second-order valence-electron chi connectivity index (χ2n) is 9.49. The average Bonchev–Trinajstić information content (AvgIpc) is 2.71. The molecule has 2 aromatic rings. The fourth-order valence-corrected chi connectivity index (χ4v) is 3.17. The van der Waals surface area contributed by atoms with Crippen molar-refractivity contribution < 1.29 is 14.3 Å². The van der Waals surface area contributed by atoms with E-state index in [4.69, 9.17) is 15.2 Å². The first-order chi connectivity index (χ1) is 14.6. The van der Waals surface area contributed by atoms with Gasteiger partial charge in [-0.3, -0.25) is 4.79 Å². The molecule has 5 heteroatoms. The minimum absolute atomic E-state index is 0.126. The van der Waals surface area contributed by atoms with Crippen LogP contribution >= 0.6 is 0 Å². The molecule has 0 heterocycles. The molecule has 3 N–H and O–H groups in total. The van der Waals surface area contributed by atoms with Crippen LogP contribution in [0.1, 0.15) is 52.2 Å². The molecule has 0 aliphatic heterocycles. The number of benzene rings is 2. The number of hydrogen-bond acceptors (Lipinski definition) is 4. The highest BCUT2D eigenvalue weighted by atomic mass is 16.5. The van der Waals surface area contributed by atoms with Crippen molar-refractivity contribution in [3.05, 3.63) is 65.7 Å². The lowest BCUT2D eigenvalue weighted by Crippen LogP contribution is -2.49. The van der Waals surface area contributed by atoms with Crippen molar-refractivity contribution in [1.82, 2.24) is 5.32 Å². The van der Waals surface area contributed by atoms with Crippen LogP contribution in [0.5, 0.6) is 5.75 Å². The van der Waals surface area contributed by atoms with Crippen LogP contribution in [0.2, 0.25) is 0 Å². The third-order valence-corrected chi connectivity index (χ3v) is 4.78. The molecule has 0 aromatic heterocycles. The molecule has 0 spiro atoms. The molecule has 2 unspecified atom stereocenters. The van der Waals surface area contributed by atoms with Crippen LogP contribution in [0.4, 0.5) is 0 Å². The Morgan fingerprint density at radius 3 is 2.23 bits per heavy atom. The lowest BCUT2D eigenvalue weighted by atomic mass is 10.0.